The Balaban J connectivity index is 1.69. The molecule has 0 bridgehead atoms. The summed E-state index contributed by atoms with van der Waals surface area (Å²) in [5.74, 6) is -0.00565. The lowest BCUT2D eigenvalue weighted by Gasteiger charge is -2.32. The molecule has 0 radical (unpaired) electrons. The number of halogens is 3. The van der Waals surface area contributed by atoms with E-state index < -0.39 is 11.9 Å². The molecule has 1 aliphatic rings. The normalized spacial score (nSPS) is 19.6. The van der Waals surface area contributed by atoms with Crippen molar-refractivity contribution in [1.29, 1.82) is 0 Å². The molecule has 0 spiro atoms. The van der Waals surface area contributed by atoms with Gasteiger partial charge in [-0.2, -0.15) is 18.3 Å². The number of piperidine rings is 1. The van der Waals surface area contributed by atoms with Crippen molar-refractivity contribution in [3.8, 4) is 0 Å². The molecule has 0 saturated carbocycles. The molecular formula is C16H19F3N4O. The summed E-state index contributed by atoms with van der Waals surface area (Å²) in [6, 6.07) is 4.59. The van der Waals surface area contributed by atoms with Crippen LogP contribution in [0.3, 0.4) is 0 Å². The highest BCUT2D eigenvalue weighted by atomic mass is 19.4. The molecule has 1 N–H and O–H groups in total. The van der Waals surface area contributed by atoms with Gasteiger partial charge in [0.05, 0.1) is 0 Å². The maximum atomic E-state index is 12.7. The Morgan fingerprint density at radius 1 is 1.38 bits per heavy atom. The molecule has 8 heteroatoms. The Labute approximate surface area is 137 Å². The number of pyridine rings is 1. The van der Waals surface area contributed by atoms with Crippen molar-refractivity contribution < 1.29 is 13.2 Å². The van der Waals surface area contributed by atoms with Crippen LogP contribution in [-0.2, 0) is 19.8 Å². The van der Waals surface area contributed by atoms with E-state index in [-0.39, 0.29) is 11.5 Å². The third-order valence-electron chi connectivity index (χ3n) is 4.41. The fraction of sp³-hybridized carbons (Fsp3) is 0.500. The zero-order valence-corrected chi connectivity index (χ0v) is 13.3. The lowest BCUT2D eigenvalue weighted by molar-refractivity contribution is -0.141. The van der Waals surface area contributed by atoms with Crippen LogP contribution >= 0.6 is 0 Å². The standard InChI is InChI=1S/C16H19F3N4O/c1-22-6-4-11(7-15(22)24)9-23-5-2-3-12(10-23)13-8-14(21-20-13)16(17,18)19/h4,6-8,12H,2-3,5,9-10H2,1H3,(H,20,21)/t12-/m0/s1. The van der Waals surface area contributed by atoms with Crippen molar-refractivity contribution >= 4 is 0 Å². The predicted molar refractivity (Wildman–Crippen MR) is 82.5 cm³/mol. The van der Waals surface area contributed by atoms with Gasteiger partial charge in [-0.1, -0.05) is 0 Å². The van der Waals surface area contributed by atoms with Crippen LogP contribution in [0.25, 0.3) is 0 Å². The number of hydrogen-bond acceptors (Lipinski definition) is 3. The van der Waals surface area contributed by atoms with Gasteiger partial charge in [-0.3, -0.25) is 14.8 Å². The van der Waals surface area contributed by atoms with E-state index in [2.05, 4.69) is 15.1 Å². The quantitative estimate of drug-likeness (QED) is 0.934. The van der Waals surface area contributed by atoms with Crippen LogP contribution < -0.4 is 5.56 Å². The number of nitrogens with one attached hydrogen (secondary N) is 1. The topological polar surface area (TPSA) is 53.9 Å². The molecule has 5 nitrogen and oxygen atoms in total. The van der Waals surface area contributed by atoms with Crippen molar-refractivity contribution in [1.82, 2.24) is 19.7 Å². The Hall–Kier alpha value is -2.09. The van der Waals surface area contributed by atoms with Gasteiger partial charge in [0.1, 0.15) is 0 Å². The van der Waals surface area contributed by atoms with Crippen molar-refractivity contribution in [3.05, 3.63) is 51.7 Å². The largest absolute Gasteiger partial charge is 0.435 e. The second-order valence-electron chi connectivity index (χ2n) is 6.26. The van der Waals surface area contributed by atoms with Crippen LogP contribution in [0.2, 0.25) is 0 Å². The minimum atomic E-state index is -4.42. The first-order valence-corrected chi connectivity index (χ1v) is 7.83. The molecule has 24 heavy (non-hydrogen) atoms. The van der Waals surface area contributed by atoms with E-state index in [9.17, 15) is 18.0 Å². The monoisotopic (exact) mass is 340 g/mol. The highest BCUT2D eigenvalue weighted by Crippen LogP contribution is 2.32. The molecule has 0 aliphatic carbocycles. The molecular weight excluding hydrogens is 321 g/mol. The fourth-order valence-electron chi connectivity index (χ4n) is 3.09. The van der Waals surface area contributed by atoms with Gasteiger partial charge in [0.15, 0.2) is 5.69 Å². The van der Waals surface area contributed by atoms with Crippen molar-refractivity contribution in [3.63, 3.8) is 0 Å². The summed E-state index contributed by atoms with van der Waals surface area (Å²) in [6.07, 6.45) is -0.973. The Bertz CT molecular complexity index is 765. The molecule has 2 aromatic heterocycles. The van der Waals surface area contributed by atoms with Gasteiger partial charge < -0.3 is 4.57 Å². The van der Waals surface area contributed by atoms with Gasteiger partial charge in [0.25, 0.3) is 5.56 Å². The summed E-state index contributed by atoms with van der Waals surface area (Å²) in [5.41, 5.74) is 0.501. The summed E-state index contributed by atoms with van der Waals surface area (Å²) in [7, 11) is 1.69. The highest BCUT2D eigenvalue weighted by Gasteiger charge is 2.35. The fourth-order valence-corrected chi connectivity index (χ4v) is 3.09. The zero-order chi connectivity index (χ0) is 17.3. The maximum Gasteiger partial charge on any atom is 0.435 e. The molecule has 130 valence electrons. The Morgan fingerprint density at radius 2 is 2.17 bits per heavy atom. The van der Waals surface area contributed by atoms with E-state index in [1.54, 1.807) is 19.3 Å². The number of aromatic amines is 1. The summed E-state index contributed by atoms with van der Waals surface area (Å²) < 4.78 is 39.5. The molecule has 1 fully saturated rings. The predicted octanol–water partition coefficient (Wildman–Crippen LogP) is 2.51. The van der Waals surface area contributed by atoms with Gasteiger partial charge in [0, 0.05) is 44.0 Å². The summed E-state index contributed by atoms with van der Waals surface area (Å²) >= 11 is 0. The molecule has 1 saturated heterocycles. The van der Waals surface area contributed by atoms with Crippen LogP contribution in [0.5, 0.6) is 0 Å². The summed E-state index contributed by atoms with van der Waals surface area (Å²) in [6.45, 7) is 2.13. The van der Waals surface area contributed by atoms with Crippen LogP contribution in [0.1, 0.15) is 35.7 Å². The number of nitrogens with zero attached hydrogens (tertiary/aromatic N) is 3. The molecule has 0 aromatic carbocycles. The van der Waals surface area contributed by atoms with Crippen LogP contribution in [0.15, 0.2) is 29.2 Å². The first kappa shape index (κ1) is 16.8. The average Bonchev–Trinajstić information content (AvgIpc) is 3.01. The molecule has 3 heterocycles. The smallest absolute Gasteiger partial charge is 0.319 e. The van der Waals surface area contributed by atoms with Gasteiger partial charge >= 0.3 is 6.18 Å². The second kappa shape index (κ2) is 6.43. The minimum absolute atomic E-state index is 0.00565. The number of alkyl halides is 3. The molecule has 1 aliphatic heterocycles. The number of likely N-dealkylation sites (tertiary alicyclic amines) is 1. The number of hydrogen-bond donors (Lipinski definition) is 1. The third-order valence-corrected chi connectivity index (χ3v) is 4.41. The molecule has 1 atom stereocenters. The molecule has 0 amide bonds. The lowest BCUT2D eigenvalue weighted by Crippen LogP contribution is -2.34. The van der Waals surface area contributed by atoms with E-state index >= 15 is 0 Å². The van der Waals surface area contributed by atoms with Crippen molar-refractivity contribution in [2.24, 2.45) is 7.05 Å². The third kappa shape index (κ3) is 3.69. The maximum absolute atomic E-state index is 12.7. The lowest BCUT2D eigenvalue weighted by atomic mass is 9.94. The second-order valence-corrected chi connectivity index (χ2v) is 6.26. The molecule has 3 rings (SSSR count). The number of rotatable bonds is 3. The summed E-state index contributed by atoms with van der Waals surface area (Å²) in [4.78, 5) is 13.9. The van der Waals surface area contributed by atoms with E-state index in [1.165, 1.54) is 4.57 Å². The number of aromatic nitrogens is 3. The first-order chi connectivity index (χ1) is 11.3. The summed E-state index contributed by atoms with van der Waals surface area (Å²) in [5, 5.41) is 5.91. The van der Waals surface area contributed by atoms with E-state index in [0.29, 0.717) is 18.8 Å². The SMILES string of the molecule is Cn1ccc(CN2CCC[C@H](c3cc(C(F)(F)F)n[nH]3)C2)cc1=O. The number of H-pyrrole nitrogens is 1. The zero-order valence-electron chi connectivity index (χ0n) is 13.3. The average molecular weight is 340 g/mol. The minimum Gasteiger partial charge on any atom is -0.319 e. The van der Waals surface area contributed by atoms with Crippen molar-refractivity contribution in [2.75, 3.05) is 13.1 Å². The van der Waals surface area contributed by atoms with Gasteiger partial charge in [-0.05, 0) is 37.1 Å². The molecule has 2 aromatic rings. The van der Waals surface area contributed by atoms with Crippen LogP contribution in [0.4, 0.5) is 13.2 Å². The van der Waals surface area contributed by atoms with Crippen molar-refractivity contribution in [2.45, 2.75) is 31.5 Å². The highest BCUT2D eigenvalue weighted by molar-refractivity contribution is 5.17. The van der Waals surface area contributed by atoms with Gasteiger partial charge in [-0.25, -0.2) is 0 Å². The van der Waals surface area contributed by atoms with Crippen LogP contribution in [0, 0.1) is 0 Å². The number of aryl methyl sites for hydroxylation is 1. The first-order valence-electron chi connectivity index (χ1n) is 7.83. The van der Waals surface area contributed by atoms with E-state index in [0.717, 1.165) is 31.0 Å². The Kier molecular flexibility index (Phi) is 4.49. The molecule has 0 unspecified atom stereocenters. The van der Waals surface area contributed by atoms with E-state index in [4.69, 9.17) is 0 Å². The van der Waals surface area contributed by atoms with E-state index in [1.807, 2.05) is 6.07 Å². The van der Waals surface area contributed by atoms with Gasteiger partial charge in [-0.15, -0.1) is 0 Å². The Morgan fingerprint density at radius 3 is 2.83 bits per heavy atom. The van der Waals surface area contributed by atoms with Crippen LogP contribution in [-0.4, -0.2) is 32.8 Å². The van der Waals surface area contributed by atoms with Gasteiger partial charge in [0.2, 0.25) is 0 Å².